The summed E-state index contributed by atoms with van der Waals surface area (Å²) in [4.78, 5) is 8.21. The molecule has 0 amide bonds. The Hall–Kier alpha value is -0.830. The lowest BCUT2D eigenvalue weighted by Gasteiger charge is -2.05. The van der Waals surface area contributed by atoms with E-state index in [2.05, 4.69) is 9.97 Å². The van der Waals surface area contributed by atoms with Gasteiger partial charge in [-0.1, -0.05) is 6.92 Å². The van der Waals surface area contributed by atoms with Gasteiger partial charge in [-0.2, -0.15) is 0 Å². The van der Waals surface area contributed by atoms with Crippen LogP contribution >= 0.6 is 11.6 Å². The molecule has 1 aromatic rings. The minimum atomic E-state index is 0.126. The second kappa shape index (κ2) is 5.02. The van der Waals surface area contributed by atoms with Crippen LogP contribution in [0.1, 0.15) is 19.0 Å². The van der Waals surface area contributed by atoms with E-state index in [0.29, 0.717) is 5.88 Å². The van der Waals surface area contributed by atoms with Crippen LogP contribution < -0.4 is 4.74 Å². The number of hydrogen-bond acceptors (Lipinski definition) is 3. The van der Waals surface area contributed by atoms with Gasteiger partial charge in [-0.05, 0) is 6.42 Å². The van der Waals surface area contributed by atoms with Crippen molar-refractivity contribution in [3.05, 3.63) is 18.1 Å². The maximum Gasteiger partial charge on any atom is 0.232 e. The van der Waals surface area contributed by atoms with Crippen molar-refractivity contribution in [2.24, 2.45) is 0 Å². The van der Waals surface area contributed by atoms with Crippen LogP contribution in [0.3, 0.4) is 0 Å². The fourth-order valence-electron chi connectivity index (χ4n) is 0.954. The van der Waals surface area contributed by atoms with E-state index in [4.69, 9.17) is 16.3 Å². The normalized spacial score (nSPS) is 12.5. The van der Waals surface area contributed by atoms with E-state index in [1.807, 2.05) is 6.92 Å². The van der Waals surface area contributed by atoms with Crippen molar-refractivity contribution >= 4 is 11.6 Å². The Kier molecular flexibility index (Phi) is 3.96. The Morgan fingerprint density at radius 3 is 2.92 bits per heavy atom. The van der Waals surface area contributed by atoms with Gasteiger partial charge in [0.25, 0.3) is 0 Å². The van der Waals surface area contributed by atoms with Crippen LogP contribution in [0.25, 0.3) is 0 Å². The Morgan fingerprint density at radius 2 is 2.31 bits per heavy atom. The van der Waals surface area contributed by atoms with E-state index in [-0.39, 0.29) is 5.38 Å². The first-order valence-corrected chi connectivity index (χ1v) is 4.69. The lowest BCUT2D eigenvalue weighted by atomic mass is 10.2. The SMILES string of the molecule is CCC(Cl)Cc1cncc(OC)n1. The quantitative estimate of drug-likeness (QED) is 0.698. The van der Waals surface area contributed by atoms with Crippen LogP contribution in [0.4, 0.5) is 0 Å². The van der Waals surface area contributed by atoms with E-state index in [1.54, 1.807) is 19.5 Å². The molecule has 0 saturated carbocycles. The number of alkyl halides is 1. The molecular formula is C9H13ClN2O. The number of ether oxygens (including phenoxy) is 1. The molecule has 1 unspecified atom stereocenters. The summed E-state index contributed by atoms with van der Waals surface area (Å²) < 4.78 is 4.95. The zero-order valence-electron chi connectivity index (χ0n) is 7.83. The average molecular weight is 201 g/mol. The summed E-state index contributed by atoms with van der Waals surface area (Å²) in [5.41, 5.74) is 0.876. The molecule has 72 valence electrons. The largest absolute Gasteiger partial charge is 0.480 e. The maximum atomic E-state index is 5.99. The smallest absolute Gasteiger partial charge is 0.232 e. The summed E-state index contributed by atoms with van der Waals surface area (Å²) in [7, 11) is 1.58. The summed E-state index contributed by atoms with van der Waals surface area (Å²) >= 11 is 5.99. The Morgan fingerprint density at radius 1 is 1.54 bits per heavy atom. The Bertz CT molecular complexity index is 268. The molecular weight excluding hydrogens is 188 g/mol. The summed E-state index contributed by atoms with van der Waals surface area (Å²) in [6.45, 7) is 2.05. The van der Waals surface area contributed by atoms with E-state index in [9.17, 15) is 0 Å². The third-order valence-corrected chi connectivity index (χ3v) is 2.21. The second-order valence-electron chi connectivity index (χ2n) is 2.76. The lowest BCUT2D eigenvalue weighted by Crippen LogP contribution is -2.04. The molecule has 1 heterocycles. The number of methoxy groups -OCH3 is 1. The summed E-state index contributed by atoms with van der Waals surface area (Å²) in [6.07, 6.45) is 4.97. The second-order valence-corrected chi connectivity index (χ2v) is 3.38. The van der Waals surface area contributed by atoms with E-state index in [1.165, 1.54) is 0 Å². The molecule has 3 nitrogen and oxygen atoms in total. The highest BCUT2D eigenvalue weighted by Crippen LogP contribution is 2.10. The molecule has 4 heteroatoms. The molecule has 0 spiro atoms. The Labute approximate surface area is 83.1 Å². The first kappa shape index (κ1) is 10.3. The number of rotatable bonds is 4. The maximum absolute atomic E-state index is 5.99. The van der Waals surface area contributed by atoms with Crippen LogP contribution in [0, 0.1) is 0 Å². The highest BCUT2D eigenvalue weighted by Gasteiger charge is 2.05. The van der Waals surface area contributed by atoms with E-state index >= 15 is 0 Å². The zero-order chi connectivity index (χ0) is 9.68. The summed E-state index contributed by atoms with van der Waals surface area (Å²) in [5.74, 6) is 0.539. The monoisotopic (exact) mass is 200 g/mol. The van der Waals surface area contributed by atoms with Crippen LogP contribution in [-0.4, -0.2) is 22.5 Å². The van der Waals surface area contributed by atoms with Crippen molar-refractivity contribution < 1.29 is 4.74 Å². The lowest BCUT2D eigenvalue weighted by molar-refractivity contribution is 0.393. The van der Waals surface area contributed by atoms with Gasteiger partial charge in [-0.15, -0.1) is 11.6 Å². The van der Waals surface area contributed by atoms with Gasteiger partial charge in [0, 0.05) is 18.0 Å². The number of hydrogen-bond donors (Lipinski definition) is 0. The van der Waals surface area contributed by atoms with Crippen molar-refractivity contribution in [3.8, 4) is 5.88 Å². The van der Waals surface area contributed by atoms with E-state index < -0.39 is 0 Å². The van der Waals surface area contributed by atoms with Crippen LogP contribution in [0.15, 0.2) is 12.4 Å². The molecule has 0 radical (unpaired) electrons. The molecule has 0 aromatic carbocycles. The van der Waals surface area contributed by atoms with Crippen molar-refractivity contribution in [2.75, 3.05) is 7.11 Å². The summed E-state index contributed by atoms with van der Waals surface area (Å²) in [6, 6.07) is 0. The van der Waals surface area contributed by atoms with Crippen LogP contribution in [0.2, 0.25) is 0 Å². The molecule has 0 N–H and O–H groups in total. The van der Waals surface area contributed by atoms with Gasteiger partial charge in [0.15, 0.2) is 0 Å². The molecule has 1 atom stereocenters. The average Bonchev–Trinajstić information content (AvgIpc) is 2.18. The van der Waals surface area contributed by atoms with Crippen LogP contribution in [-0.2, 0) is 6.42 Å². The first-order chi connectivity index (χ1) is 6.26. The third-order valence-electron chi connectivity index (χ3n) is 1.75. The molecule has 0 bridgehead atoms. The van der Waals surface area contributed by atoms with Gasteiger partial charge in [0.05, 0.1) is 19.0 Å². The van der Waals surface area contributed by atoms with Gasteiger partial charge in [0.1, 0.15) is 0 Å². The summed E-state index contributed by atoms with van der Waals surface area (Å²) in [5, 5.41) is 0.126. The fraction of sp³-hybridized carbons (Fsp3) is 0.556. The topological polar surface area (TPSA) is 35.0 Å². The predicted octanol–water partition coefficient (Wildman–Crippen LogP) is 2.05. The molecule has 0 aliphatic rings. The molecule has 0 aliphatic heterocycles. The molecule has 1 aromatic heterocycles. The van der Waals surface area contributed by atoms with Crippen molar-refractivity contribution in [1.29, 1.82) is 0 Å². The van der Waals surface area contributed by atoms with Gasteiger partial charge in [-0.3, -0.25) is 4.98 Å². The van der Waals surface area contributed by atoms with Crippen molar-refractivity contribution in [2.45, 2.75) is 25.1 Å². The Balaban J connectivity index is 2.66. The highest BCUT2D eigenvalue weighted by atomic mass is 35.5. The minimum Gasteiger partial charge on any atom is -0.480 e. The van der Waals surface area contributed by atoms with Gasteiger partial charge < -0.3 is 4.74 Å². The fourth-order valence-corrected chi connectivity index (χ4v) is 1.11. The van der Waals surface area contributed by atoms with Gasteiger partial charge in [0.2, 0.25) is 5.88 Å². The number of halogens is 1. The van der Waals surface area contributed by atoms with Crippen LogP contribution in [0.5, 0.6) is 5.88 Å². The van der Waals surface area contributed by atoms with Crippen molar-refractivity contribution in [1.82, 2.24) is 9.97 Å². The zero-order valence-corrected chi connectivity index (χ0v) is 8.58. The third kappa shape index (κ3) is 3.19. The van der Waals surface area contributed by atoms with E-state index in [0.717, 1.165) is 18.5 Å². The molecule has 0 aliphatic carbocycles. The highest BCUT2D eigenvalue weighted by molar-refractivity contribution is 6.20. The molecule has 13 heavy (non-hydrogen) atoms. The van der Waals surface area contributed by atoms with Crippen molar-refractivity contribution in [3.63, 3.8) is 0 Å². The molecule has 0 saturated heterocycles. The first-order valence-electron chi connectivity index (χ1n) is 4.25. The molecule has 1 rings (SSSR count). The number of nitrogens with zero attached hydrogens (tertiary/aromatic N) is 2. The van der Waals surface area contributed by atoms with Gasteiger partial charge in [-0.25, -0.2) is 4.98 Å². The predicted molar refractivity (Wildman–Crippen MR) is 52.2 cm³/mol. The molecule has 0 fully saturated rings. The number of aromatic nitrogens is 2. The standard InChI is InChI=1S/C9H13ClN2O/c1-3-7(10)4-8-5-11-6-9(12-8)13-2/h5-7H,3-4H2,1-2H3. The minimum absolute atomic E-state index is 0.126. The van der Waals surface area contributed by atoms with Gasteiger partial charge >= 0.3 is 0 Å².